The molecular formula is C8H10N3OP3. The van der Waals surface area contributed by atoms with Crippen molar-refractivity contribution in [3.63, 3.8) is 0 Å². The fraction of sp³-hybridized carbons (Fsp3) is 0.250. The standard InChI is InChI=1S/C8H10N3OP3/c1-6-3-4-7(2)8(5-6)12-15-10-13-9-14-11-15/h3-5H,1-2H3,(H,9,10,11). The van der Waals surface area contributed by atoms with E-state index < -0.39 is 8.45 Å². The van der Waals surface area contributed by atoms with Crippen LogP contribution in [0.2, 0.25) is 0 Å². The number of hydrogen-bond acceptors (Lipinski definition) is 4. The van der Waals surface area contributed by atoms with Crippen molar-refractivity contribution in [2.75, 3.05) is 0 Å². The normalized spacial score (nSPS) is 21.3. The Balaban J connectivity index is 2.13. The summed E-state index contributed by atoms with van der Waals surface area (Å²) < 4.78 is 14.0. The molecule has 15 heavy (non-hydrogen) atoms. The maximum Gasteiger partial charge on any atom is 0.311 e. The average Bonchev–Trinajstić information content (AvgIpc) is 2.25. The molecule has 1 aromatic carbocycles. The van der Waals surface area contributed by atoms with E-state index in [-0.39, 0.29) is 0 Å². The number of aryl methyl sites for hydroxylation is 2. The fourth-order valence-corrected chi connectivity index (χ4v) is 4.04. The molecule has 0 amide bonds. The van der Waals surface area contributed by atoms with E-state index in [1.165, 1.54) is 5.56 Å². The Morgan fingerprint density at radius 3 is 3.00 bits per heavy atom. The minimum absolute atomic E-state index is 0.759. The second-order valence-corrected chi connectivity index (χ2v) is 6.44. The summed E-state index contributed by atoms with van der Waals surface area (Å²) in [5.74, 6) is 0.907. The van der Waals surface area contributed by atoms with Gasteiger partial charge in [-0.2, -0.15) is 13.9 Å². The largest absolute Gasteiger partial charge is 0.439 e. The molecular weight excluding hydrogens is 247 g/mol. The zero-order chi connectivity index (χ0) is 10.7. The number of rotatable bonds is 2. The molecule has 1 heterocycles. The van der Waals surface area contributed by atoms with Crippen LogP contribution < -0.4 is 9.38 Å². The summed E-state index contributed by atoms with van der Waals surface area (Å²) in [6.07, 6.45) is 0. The topological polar surface area (TPSA) is 46.0 Å². The monoisotopic (exact) mass is 257 g/mol. The molecule has 1 aliphatic heterocycles. The Hall–Kier alpha value is -0.390. The summed E-state index contributed by atoms with van der Waals surface area (Å²) in [6.45, 7) is 4.09. The predicted octanol–water partition coefficient (Wildman–Crippen LogP) is 4.60. The Labute approximate surface area is 93.3 Å². The third-order valence-electron chi connectivity index (χ3n) is 1.86. The summed E-state index contributed by atoms with van der Waals surface area (Å²) >= 11 is 0. The maximum absolute atomic E-state index is 5.78. The van der Waals surface area contributed by atoms with Gasteiger partial charge in [-0.3, -0.25) is 0 Å². The minimum atomic E-state index is -0.920. The van der Waals surface area contributed by atoms with Gasteiger partial charge in [-0.1, -0.05) is 12.1 Å². The van der Waals surface area contributed by atoms with Crippen LogP contribution >= 0.6 is 25.5 Å². The predicted molar refractivity (Wildman–Crippen MR) is 65.3 cm³/mol. The highest BCUT2D eigenvalue weighted by atomic mass is 31.2. The zero-order valence-corrected chi connectivity index (χ0v) is 11.1. The molecule has 1 aliphatic rings. The van der Waals surface area contributed by atoms with Crippen molar-refractivity contribution >= 4 is 25.5 Å². The highest BCUT2D eigenvalue weighted by Gasteiger charge is 2.12. The molecule has 0 bridgehead atoms. The van der Waals surface area contributed by atoms with Crippen LogP contribution in [0, 0.1) is 13.8 Å². The number of hydrogen-bond donors (Lipinski definition) is 1. The van der Waals surface area contributed by atoms with Gasteiger partial charge < -0.3 is 4.52 Å². The number of benzene rings is 1. The molecule has 0 aliphatic carbocycles. The maximum atomic E-state index is 5.78. The Morgan fingerprint density at radius 1 is 1.40 bits per heavy atom. The van der Waals surface area contributed by atoms with Crippen LogP contribution in [-0.4, -0.2) is 0 Å². The van der Waals surface area contributed by atoms with Crippen LogP contribution in [0.15, 0.2) is 27.2 Å². The summed E-state index contributed by atoms with van der Waals surface area (Å²) in [4.78, 5) is 3.09. The molecule has 0 aromatic heterocycles. The van der Waals surface area contributed by atoms with Gasteiger partial charge in [0.15, 0.2) is 8.52 Å². The molecule has 7 heteroatoms. The molecule has 78 valence electrons. The Bertz CT molecular complexity index is 422. The summed E-state index contributed by atoms with van der Waals surface area (Å²) in [5.41, 5.74) is 2.33. The molecule has 0 spiro atoms. The first kappa shape index (κ1) is 11.1. The average molecular weight is 257 g/mol. The molecule has 1 unspecified atom stereocenters. The number of nitrogens with one attached hydrogen (secondary N) is 1. The lowest BCUT2D eigenvalue weighted by molar-refractivity contribution is 0.606. The molecule has 0 fully saturated rings. The van der Waals surface area contributed by atoms with E-state index in [1.807, 2.05) is 13.0 Å². The van der Waals surface area contributed by atoms with E-state index in [0.29, 0.717) is 0 Å². The van der Waals surface area contributed by atoms with Crippen molar-refractivity contribution in [2.45, 2.75) is 13.8 Å². The second-order valence-electron chi connectivity index (χ2n) is 3.10. The van der Waals surface area contributed by atoms with Gasteiger partial charge in [0.25, 0.3) is 0 Å². The molecule has 4 nitrogen and oxygen atoms in total. The third-order valence-corrected chi connectivity index (χ3v) is 4.92. The first-order valence-electron chi connectivity index (χ1n) is 4.37. The first-order chi connectivity index (χ1) is 7.25. The molecule has 1 aromatic rings. The van der Waals surface area contributed by atoms with E-state index in [0.717, 1.165) is 28.4 Å². The summed E-state index contributed by atoms with van der Waals surface area (Å²) in [5, 5.41) is 0. The van der Waals surface area contributed by atoms with Crippen molar-refractivity contribution in [3.8, 4) is 5.75 Å². The van der Waals surface area contributed by atoms with Gasteiger partial charge in [0.05, 0.1) is 0 Å². The van der Waals surface area contributed by atoms with Crippen LogP contribution in [0.3, 0.4) is 0 Å². The van der Waals surface area contributed by atoms with Crippen molar-refractivity contribution in [3.05, 3.63) is 29.3 Å². The summed E-state index contributed by atoms with van der Waals surface area (Å²) in [6, 6.07) is 6.17. The second kappa shape index (κ2) is 5.09. The zero-order valence-electron chi connectivity index (χ0n) is 8.38. The smallest absolute Gasteiger partial charge is 0.311 e. The highest BCUT2D eigenvalue weighted by molar-refractivity contribution is 7.64. The highest BCUT2D eigenvalue weighted by Crippen LogP contribution is 2.45. The first-order valence-corrected chi connectivity index (χ1v) is 7.23. The van der Waals surface area contributed by atoms with Gasteiger partial charge in [0.2, 0.25) is 0 Å². The van der Waals surface area contributed by atoms with Crippen LogP contribution in [0.4, 0.5) is 0 Å². The van der Waals surface area contributed by atoms with Crippen LogP contribution in [0.5, 0.6) is 5.75 Å². The fourth-order valence-electron chi connectivity index (χ4n) is 1.09. The lowest BCUT2D eigenvalue weighted by Crippen LogP contribution is -1.97. The molecule has 1 N–H and O–H groups in total. The van der Waals surface area contributed by atoms with Gasteiger partial charge >= 0.3 is 8.45 Å². The number of nitrogens with zero attached hydrogens (tertiary/aromatic N) is 2. The van der Waals surface area contributed by atoms with E-state index in [4.69, 9.17) is 4.52 Å². The van der Waals surface area contributed by atoms with Gasteiger partial charge in [-0.25, -0.2) is 0 Å². The minimum Gasteiger partial charge on any atom is -0.439 e. The third kappa shape index (κ3) is 3.03. The van der Waals surface area contributed by atoms with Crippen molar-refractivity contribution in [1.82, 2.24) is 4.86 Å². The lowest BCUT2D eigenvalue weighted by atomic mass is 10.1. The Kier molecular flexibility index (Phi) is 3.77. The lowest BCUT2D eigenvalue weighted by Gasteiger charge is -2.14. The van der Waals surface area contributed by atoms with Gasteiger partial charge in [0, 0.05) is 0 Å². The van der Waals surface area contributed by atoms with Crippen LogP contribution in [0.25, 0.3) is 0 Å². The quantitative estimate of drug-likeness (QED) is 0.786. The van der Waals surface area contributed by atoms with E-state index in [2.05, 4.69) is 32.9 Å². The van der Waals surface area contributed by atoms with Crippen molar-refractivity contribution < 1.29 is 4.52 Å². The van der Waals surface area contributed by atoms with Crippen molar-refractivity contribution in [1.29, 1.82) is 0 Å². The van der Waals surface area contributed by atoms with E-state index in [1.54, 1.807) is 0 Å². The molecule has 1 atom stereocenters. The molecule has 0 saturated heterocycles. The van der Waals surface area contributed by atoms with Gasteiger partial charge in [0.1, 0.15) is 14.3 Å². The molecule has 0 saturated carbocycles. The van der Waals surface area contributed by atoms with Crippen LogP contribution in [0.1, 0.15) is 11.1 Å². The Morgan fingerprint density at radius 2 is 2.27 bits per heavy atom. The SMILES string of the molecule is Cc1ccc(C)c(OP2N=PN=PN2)c1. The van der Waals surface area contributed by atoms with E-state index >= 15 is 0 Å². The summed E-state index contributed by atoms with van der Waals surface area (Å²) in [7, 11) is 0.692. The molecule has 0 radical (unpaired) electrons. The van der Waals surface area contributed by atoms with Gasteiger partial charge in [-0.15, -0.1) is 0 Å². The van der Waals surface area contributed by atoms with Crippen LogP contribution in [-0.2, 0) is 0 Å². The molecule has 2 rings (SSSR count). The van der Waals surface area contributed by atoms with E-state index in [9.17, 15) is 0 Å². The van der Waals surface area contributed by atoms with Gasteiger partial charge in [-0.05, 0) is 31.0 Å². The van der Waals surface area contributed by atoms with Crippen molar-refractivity contribution in [2.24, 2.45) is 9.03 Å².